The lowest BCUT2D eigenvalue weighted by Crippen LogP contribution is -2.21. The monoisotopic (exact) mass is 277 g/mol. The van der Waals surface area contributed by atoms with Gasteiger partial charge in [-0.1, -0.05) is 20.3 Å². The highest BCUT2D eigenvalue weighted by Crippen LogP contribution is 2.24. The highest BCUT2D eigenvalue weighted by atomic mass is 32.1. The Morgan fingerprint density at radius 3 is 2.95 bits per heavy atom. The summed E-state index contributed by atoms with van der Waals surface area (Å²) in [4.78, 5) is 21.1. The molecule has 0 unspecified atom stereocenters. The number of amides is 1. The minimum atomic E-state index is -0.00310. The van der Waals surface area contributed by atoms with Gasteiger partial charge >= 0.3 is 0 Å². The zero-order chi connectivity index (χ0) is 13.7. The highest BCUT2D eigenvalue weighted by Gasteiger charge is 2.13. The van der Waals surface area contributed by atoms with E-state index in [1.165, 1.54) is 10.4 Å². The number of H-pyrrole nitrogens is 1. The van der Waals surface area contributed by atoms with Crippen molar-refractivity contribution in [1.82, 2.24) is 15.3 Å². The number of thiophene rings is 1. The molecule has 2 N–H and O–H groups in total. The van der Waals surface area contributed by atoms with E-state index in [1.54, 1.807) is 23.9 Å². The summed E-state index contributed by atoms with van der Waals surface area (Å²) in [7, 11) is 0. The minimum absolute atomic E-state index is 0.00310. The molecular formula is C14H19N3OS. The van der Waals surface area contributed by atoms with Crippen LogP contribution in [0.2, 0.25) is 0 Å². The third-order valence-electron chi connectivity index (χ3n) is 2.97. The molecule has 0 aliphatic rings. The first-order valence-electron chi connectivity index (χ1n) is 6.61. The average Bonchev–Trinajstić information content (AvgIpc) is 3.05. The number of nitrogens with one attached hydrogen (secondary N) is 2. The van der Waals surface area contributed by atoms with Crippen LogP contribution in [-0.4, -0.2) is 15.9 Å². The molecule has 5 heteroatoms. The van der Waals surface area contributed by atoms with Crippen LogP contribution in [0.25, 0.3) is 0 Å². The third kappa shape index (κ3) is 3.44. The van der Waals surface area contributed by atoms with Crippen LogP contribution in [-0.2, 0) is 19.4 Å². The molecule has 0 aromatic carbocycles. The van der Waals surface area contributed by atoms with Gasteiger partial charge in [-0.25, -0.2) is 4.98 Å². The lowest BCUT2D eigenvalue weighted by atomic mass is 10.1. The molecule has 2 aromatic rings. The molecule has 1 amide bonds. The Kier molecular flexibility index (Phi) is 4.74. The Bertz CT molecular complexity index is 531. The van der Waals surface area contributed by atoms with Crippen molar-refractivity contribution in [3.63, 3.8) is 0 Å². The largest absolute Gasteiger partial charge is 0.347 e. The molecule has 0 saturated heterocycles. The van der Waals surface area contributed by atoms with E-state index in [9.17, 15) is 4.79 Å². The highest BCUT2D eigenvalue weighted by molar-refractivity contribution is 7.14. The fourth-order valence-electron chi connectivity index (χ4n) is 1.96. The topological polar surface area (TPSA) is 57.8 Å². The SMILES string of the molecule is CCCc1sc(C(=O)NCc2cnc[nH]2)cc1CC. The van der Waals surface area contributed by atoms with Gasteiger partial charge in [-0.15, -0.1) is 11.3 Å². The fourth-order valence-corrected chi connectivity index (χ4v) is 3.23. The maximum absolute atomic E-state index is 12.1. The molecule has 2 rings (SSSR count). The van der Waals surface area contributed by atoms with E-state index in [1.807, 2.05) is 6.07 Å². The van der Waals surface area contributed by atoms with Crippen molar-refractivity contribution < 1.29 is 4.79 Å². The Hall–Kier alpha value is -1.62. The minimum Gasteiger partial charge on any atom is -0.347 e. The van der Waals surface area contributed by atoms with E-state index in [-0.39, 0.29) is 5.91 Å². The van der Waals surface area contributed by atoms with Crippen molar-refractivity contribution in [3.8, 4) is 0 Å². The molecule has 4 nitrogen and oxygen atoms in total. The number of hydrogen-bond donors (Lipinski definition) is 2. The van der Waals surface area contributed by atoms with Crippen molar-refractivity contribution in [2.75, 3.05) is 0 Å². The summed E-state index contributed by atoms with van der Waals surface area (Å²) in [5.41, 5.74) is 2.22. The van der Waals surface area contributed by atoms with Gasteiger partial charge in [0.05, 0.1) is 23.4 Å². The maximum atomic E-state index is 12.1. The summed E-state index contributed by atoms with van der Waals surface area (Å²) in [5, 5.41) is 2.91. The van der Waals surface area contributed by atoms with E-state index in [4.69, 9.17) is 0 Å². The smallest absolute Gasteiger partial charge is 0.261 e. The van der Waals surface area contributed by atoms with Gasteiger partial charge in [0, 0.05) is 11.1 Å². The molecule has 0 aliphatic heterocycles. The molecule has 0 fully saturated rings. The normalized spacial score (nSPS) is 10.6. The van der Waals surface area contributed by atoms with E-state index < -0.39 is 0 Å². The standard InChI is InChI=1S/C14H19N3OS/c1-3-5-12-10(4-2)6-13(19-12)14(18)16-8-11-7-15-9-17-11/h6-7,9H,3-5,8H2,1-2H3,(H,15,17)(H,16,18). The lowest BCUT2D eigenvalue weighted by Gasteiger charge is -2.00. The molecule has 19 heavy (non-hydrogen) atoms. The molecule has 0 spiro atoms. The number of aromatic nitrogens is 2. The van der Waals surface area contributed by atoms with Gasteiger partial charge in [0.25, 0.3) is 5.91 Å². The van der Waals surface area contributed by atoms with Crippen molar-refractivity contribution in [1.29, 1.82) is 0 Å². The zero-order valence-electron chi connectivity index (χ0n) is 11.3. The summed E-state index contributed by atoms with van der Waals surface area (Å²) in [6.07, 6.45) is 6.49. The Balaban J connectivity index is 2.02. The van der Waals surface area contributed by atoms with E-state index >= 15 is 0 Å². The van der Waals surface area contributed by atoms with Gasteiger partial charge in [0.1, 0.15) is 0 Å². The quantitative estimate of drug-likeness (QED) is 0.853. The average molecular weight is 277 g/mol. The van der Waals surface area contributed by atoms with E-state index in [2.05, 4.69) is 29.1 Å². The van der Waals surface area contributed by atoms with E-state index in [0.717, 1.165) is 29.8 Å². The fraction of sp³-hybridized carbons (Fsp3) is 0.429. The number of carbonyl (C=O) groups excluding carboxylic acids is 1. The van der Waals surface area contributed by atoms with Crippen LogP contribution in [0.15, 0.2) is 18.6 Å². The number of aromatic amines is 1. The Morgan fingerprint density at radius 1 is 1.47 bits per heavy atom. The Labute approximate surface area is 117 Å². The molecule has 102 valence electrons. The van der Waals surface area contributed by atoms with Gasteiger partial charge in [0.15, 0.2) is 0 Å². The molecule has 0 radical (unpaired) electrons. The second-order valence-electron chi connectivity index (χ2n) is 4.42. The number of imidazole rings is 1. The van der Waals surface area contributed by atoms with Crippen LogP contribution < -0.4 is 5.32 Å². The first-order chi connectivity index (χ1) is 9.24. The number of carbonyl (C=O) groups is 1. The number of aryl methyl sites for hydroxylation is 2. The second-order valence-corrected chi connectivity index (χ2v) is 5.56. The Morgan fingerprint density at radius 2 is 2.32 bits per heavy atom. The summed E-state index contributed by atoms with van der Waals surface area (Å²) in [6, 6.07) is 2.03. The van der Waals surface area contributed by atoms with Gasteiger partial charge in [-0.2, -0.15) is 0 Å². The molecule has 0 bridgehead atoms. The van der Waals surface area contributed by atoms with Crippen LogP contribution in [0.4, 0.5) is 0 Å². The third-order valence-corrected chi connectivity index (χ3v) is 4.21. The summed E-state index contributed by atoms with van der Waals surface area (Å²) >= 11 is 1.62. The van der Waals surface area contributed by atoms with Gasteiger partial charge in [0.2, 0.25) is 0 Å². The maximum Gasteiger partial charge on any atom is 0.261 e. The predicted molar refractivity (Wildman–Crippen MR) is 77.4 cm³/mol. The van der Waals surface area contributed by atoms with Crippen molar-refractivity contribution in [2.45, 2.75) is 39.7 Å². The predicted octanol–water partition coefficient (Wildman–Crippen LogP) is 2.92. The van der Waals surface area contributed by atoms with Crippen LogP contribution in [0.1, 0.15) is 46.1 Å². The lowest BCUT2D eigenvalue weighted by molar-refractivity contribution is 0.0954. The molecule has 0 aliphatic carbocycles. The van der Waals surface area contributed by atoms with Crippen LogP contribution in [0.5, 0.6) is 0 Å². The van der Waals surface area contributed by atoms with Crippen molar-refractivity contribution in [3.05, 3.63) is 39.6 Å². The summed E-state index contributed by atoms with van der Waals surface area (Å²) in [5.74, 6) is -0.00310. The molecular weight excluding hydrogens is 258 g/mol. The number of hydrogen-bond acceptors (Lipinski definition) is 3. The first-order valence-corrected chi connectivity index (χ1v) is 7.43. The first kappa shape index (κ1) is 13.8. The summed E-state index contributed by atoms with van der Waals surface area (Å²) in [6.45, 7) is 4.78. The van der Waals surface area contributed by atoms with Crippen LogP contribution >= 0.6 is 11.3 Å². The molecule has 2 heterocycles. The van der Waals surface area contributed by atoms with Crippen LogP contribution in [0, 0.1) is 0 Å². The van der Waals surface area contributed by atoms with Crippen LogP contribution in [0.3, 0.4) is 0 Å². The van der Waals surface area contributed by atoms with Crippen molar-refractivity contribution in [2.24, 2.45) is 0 Å². The molecule has 0 saturated carbocycles. The van der Waals surface area contributed by atoms with Gasteiger partial charge in [-0.05, 0) is 24.5 Å². The summed E-state index contributed by atoms with van der Waals surface area (Å²) < 4.78 is 0. The van der Waals surface area contributed by atoms with E-state index in [0.29, 0.717) is 6.54 Å². The molecule has 0 atom stereocenters. The van der Waals surface area contributed by atoms with Gasteiger partial charge < -0.3 is 10.3 Å². The van der Waals surface area contributed by atoms with Gasteiger partial charge in [-0.3, -0.25) is 4.79 Å². The molecule has 2 aromatic heterocycles. The second kappa shape index (κ2) is 6.52. The van der Waals surface area contributed by atoms with Crippen molar-refractivity contribution >= 4 is 17.2 Å². The number of nitrogens with zero attached hydrogens (tertiary/aromatic N) is 1. The number of rotatable bonds is 6. The zero-order valence-corrected chi connectivity index (χ0v) is 12.1.